The molecule has 0 saturated carbocycles. The van der Waals surface area contributed by atoms with Gasteiger partial charge in [0.1, 0.15) is 0 Å². The van der Waals surface area contributed by atoms with E-state index in [-0.39, 0.29) is 11.4 Å². The van der Waals surface area contributed by atoms with Gasteiger partial charge in [-0.1, -0.05) is 0 Å². The third-order valence-corrected chi connectivity index (χ3v) is 2.60. The van der Waals surface area contributed by atoms with Gasteiger partial charge in [-0.2, -0.15) is 5.11 Å². The second kappa shape index (κ2) is 8.56. The number of methoxy groups -OCH3 is 3. The minimum absolute atomic E-state index is 0.116. The van der Waals surface area contributed by atoms with Crippen LogP contribution in [0.1, 0.15) is 0 Å². The van der Waals surface area contributed by atoms with Gasteiger partial charge in [0, 0.05) is 26.4 Å². The van der Waals surface area contributed by atoms with Gasteiger partial charge in [-0.3, -0.25) is 10.1 Å². The standard InChI is InChI=1S/C13H15N3O7/c1-21-12(18)10(11(17)13(22-2)23-3)15-14-8-4-6-9(7-5-8)16(19)20/h4-7,13,17H,1-3H3/b11-10+,15-14?. The van der Waals surface area contributed by atoms with Gasteiger partial charge in [0.2, 0.25) is 12.0 Å². The number of nitro groups is 1. The quantitative estimate of drug-likeness (QED) is 0.154. The van der Waals surface area contributed by atoms with Gasteiger partial charge < -0.3 is 19.3 Å². The highest BCUT2D eigenvalue weighted by Gasteiger charge is 2.23. The van der Waals surface area contributed by atoms with E-state index >= 15 is 0 Å². The molecule has 10 nitrogen and oxygen atoms in total. The third-order valence-electron chi connectivity index (χ3n) is 2.60. The topological polar surface area (TPSA) is 133 Å². The van der Waals surface area contributed by atoms with Gasteiger partial charge in [-0.25, -0.2) is 4.79 Å². The summed E-state index contributed by atoms with van der Waals surface area (Å²) in [5.41, 5.74) is -0.398. The SMILES string of the molecule is COC(=O)/C(N=Nc1ccc([N+](=O)[O-])cc1)=C(\O)C(OC)OC. The van der Waals surface area contributed by atoms with E-state index in [0.29, 0.717) is 0 Å². The number of aliphatic hydroxyl groups excluding tert-OH is 1. The molecule has 124 valence electrons. The van der Waals surface area contributed by atoms with Gasteiger partial charge >= 0.3 is 5.97 Å². The number of carbonyl (C=O) groups is 1. The van der Waals surface area contributed by atoms with Crippen LogP contribution in [0.3, 0.4) is 0 Å². The number of hydrogen-bond acceptors (Lipinski definition) is 9. The Hall–Kier alpha value is -2.85. The molecule has 10 heteroatoms. The Balaban J connectivity index is 3.12. The van der Waals surface area contributed by atoms with Crippen LogP contribution in [0.25, 0.3) is 0 Å². The smallest absolute Gasteiger partial charge is 0.362 e. The Morgan fingerprint density at radius 3 is 2.22 bits per heavy atom. The molecule has 0 aromatic heterocycles. The van der Waals surface area contributed by atoms with Crippen LogP contribution in [0.4, 0.5) is 11.4 Å². The van der Waals surface area contributed by atoms with E-state index in [1.54, 1.807) is 0 Å². The normalized spacial score (nSPS) is 12.3. The van der Waals surface area contributed by atoms with Crippen LogP contribution in [-0.4, -0.2) is 43.6 Å². The number of ether oxygens (including phenoxy) is 3. The average Bonchev–Trinajstić information content (AvgIpc) is 2.56. The Morgan fingerprint density at radius 1 is 1.22 bits per heavy atom. The van der Waals surface area contributed by atoms with Crippen LogP contribution in [0.2, 0.25) is 0 Å². The number of carbonyl (C=O) groups excluding carboxylic acids is 1. The maximum absolute atomic E-state index is 11.7. The molecule has 0 spiro atoms. The van der Waals surface area contributed by atoms with Crippen molar-refractivity contribution in [2.45, 2.75) is 6.29 Å². The van der Waals surface area contributed by atoms with Gasteiger partial charge in [-0.05, 0) is 12.1 Å². The summed E-state index contributed by atoms with van der Waals surface area (Å²) in [6, 6.07) is 5.11. The van der Waals surface area contributed by atoms with Gasteiger partial charge in [-0.15, -0.1) is 5.11 Å². The van der Waals surface area contributed by atoms with Crippen molar-refractivity contribution in [2.24, 2.45) is 10.2 Å². The average molecular weight is 325 g/mol. The summed E-state index contributed by atoms with van der Waals surface area (Å²) in [6.45, 7) is 0. The molecule has 0 heterocycles. The predicted octanol–water partition coefficient (Wildman–Crippen LogP) is 2.24. The first-order valence-corrected chi connectivity index (χ1v) is 6.17. The maximum atomic E-state index is 11.7. The first-order chi connectivity index (χ1) is 10.9. The molecule has 0 fully saturated rings. The second-order valence-electron chi connectivity index (χ2n) is 4.00. The number of hydrogen-bond donors (Lipinski definition) is 1. The van der Waals surface area contributed by atoms with E-state index in [1.165, 1.54) is 38.5 Å². The third kappa shape index (κ3) is 4.83. The van der Waals surface area contributed by atoms with E-state index in [4.69, 9.17) is 9.47 Å². The van der Waals surface area contributed by atoms with Crippen LogP contribution in [0.15, 0.2) is 46.0 Å². The summed E-state index contributed by atoms with van der Waals surface area (Å²) in [4.78, 5) is 21.7. The zero-order chi connectivity index (χ0) is 17.4. The molecule has 0 radical (unpaired) electrons. The fraction of sp³-hybridized carbons (Fsp3) is 0.308. The lowest BCUT2D eigenvalue weighted by Crippen LogP contribution is -2.20. The highest BCUT2D eigenvalue weighted by atomic mass is 16.7. The summed E-state index contributed by atoms with van der Waals surface area (Å²) in [5.74, 6) is -1.57. The van der Waals surface area contributed by atoms with Gasteiger partial charge in [0.25, 0.3) is 5.69 Å². The van der Waals surface area contributed by atoms with Crippen molar-refractivity contribution in [3.05, 3.63) is 45.8 Å². The van der Waals surface area contributed by atoms with Crippen molar-refractivity contribution in [3.63, 3.8) is 0 Å². The summed E-state index contributed by atoms with van der Waals surface area (Å²) in [5, 5.41) is 27.8. The summed E-state index contributed by atoms with van der Waals surface area (Å²) >= 11 is 0. The number of rotatable bonds is 7. The van der Waals surface area contributed by atoms with E-state index in [1.807, 2.05) is 0 Å². The maximum Gasteiger partial charge on any atom is 0.362 e. The Bertz CT molecular complexity index is 621. The first kappa shape index (κ1) is 18.2. The number of nitrogens with zero attached hydrogens (tertiary/aromatic N) is 3. The Morgan fingerprint density at radius 2 is 1.78 bits per heavy atom. The molecule has 0 unspecified atom stereocenters. The van der Waals surface area contributed by atoms with Crippen molar-refractivity contribution >= 4 is 17.3 Å². The van der Waals surface area contributed by atoms with Crippen LogP contribution in [-0.2, 0) is 19.0 Å². The number of nitro benzene ring substituents is 1. The van der Waals surface area contributed by atoms with Gasteiger partial charge in [0.15, 0.2) is 5.76 Å². The summed E-state index contributed by atoms with van der Waals surface area (Å²) < 4.78 is 14.1. The van der Waals surface area contributed by atoms with E-state index in [0.717, 1.165) is 7.11 Å². The van der Waals surface area contributed by atoms with E-state index in [2.05, 4.69) is 15.0 Å². The minimum Gasteiger partial charge on any atom is -0.505 e. The molecular formula is C13H15N3O7. The van der Waals surface area contributed by atoms with Crippen molar-refractivity contribution in [1.29, 1.82) is 0 Å². The second-order valence-corrected chi connectivity index (χ2v) is 4.00. The molecule has 0 aliphatic rings. The van der Waals surface area contributed by atoms with Crippen molar-refractivity contribution in [2.75, 3.05) is 21.3 Å². The Labute approximate surface area is 131 Å². The zero-order valence-electron chi connectivity index (χ0n) is 12.6. The number of aliphatic hydroxyl groups is 1. The highest BCUT2D eigenvalue weighted by Crippen LogP contribution is 2.20. The monoisotopic (exact) mass is 325 g/mol. The summed E-state index contributed by atoms with van der Waals surface area (Å²) in [7, 11) is 3.62. The minimum atomic E-state index is -1.22. The molecule has 0 atom stereocenters. The highest BCUT2D eigenvalue weighted by molar-refractivity contribution is 5.88. The molecule has 23 heavy (non-hydrogen) atoms. The van der Waals surface area contributed by atoms with Crippen molar-refractivity contribution in [1.82, 2.24) is 0 Å². The molecule has 0 aliphatic carbocycles. The fourth-order valence-electron chi connectivity index (χ4n) is 1.47. The molecule has 0 amide bonds. The Kier molecular flexibility index (Phi) is 6.77. The first-order valence-electron chi connectivity index (χ1n) is 6.17. The van der Waals surface area contributed by atoms with Gasteiger partial charge in [0.05, 0.1) is 17.7 Å². The number of azo groups is 1. The molecule has 1 rings (SSSR count). The largest absolute Gasteiger partial charge is 0.505 e. The van der Waals surface area contributed by atoms with Crippen LogP contribution >= 0.6 is 0 Å². The van der Waals surface area contributed by atoms with Crippen molar-refractivity contribution in [3.8, 4) is 0 Å². The number of non-ortho nitro benzene ring substituents is 1. The summed E-state index contributed by atoms with van der Waals surface area (Å²) in [6.07, 6.45) is -1.22. The number of benzene rings is 1. The van der Waals surface area contributed by atoms with Crippen LogP contribution in [0.5, 0.6) is 0 Å². The molecule has 1 N–H and O–H groups in total. The molecule has 1 aromatic rings. The number of esters is 1. The predicted molar refractivity (Wildman–Crippen MR) is 77.1 cm³/mol. The molecule has 0 aliphatic heterocycles. The molecule has 1 aromatic carbocycles. The molecule has 0 bridgehead atoms. The van der Waals surface area contributed by atoms with E-state index in [9.17, 15) is 20.0 Å². The van der Waals surface area contributed by atoms with E-state index < -0.39 is 28.6 Å². The lowest BCUT2D eigenvalue weighted by atomic mass is 10.3. The van der Waals surface area contributed by atoms with Crippen LogP contribution < -0.4 is 0 Å². The van der Waals surface area contributed by atoms with Crippen molar-refractivity contribution < 1.29 is 29.0 Å². The lowest BCUT2D eigenvalue weighted by Gasteiger charge is -2.13. The zero-order valence-corrected chi connectivity index (χ0v) is 12.6. The fourth-order valence-corrected chi connectivity index (χ4v) is 1.47. The molecule has 0 saturated heterocycles. The molecular weight excluding hydrogens is 310 g/mol. The van der Waals surface area contributed by atoms with Crippen LogP contribution in [0, 0.1) is 10.1 Å². The lowest BCUT2D eigenvalue weighted by molar-refractivity contribution is -0.384.